The summed E-state index contributed by atoms with van der Waals surface area (Å²) in [4.78, 5) is 27.9. The van der Waals surface area contributed by atoms with Gasteiger partial charge in [0.1, 0.15) is 0 Å². The van der Waals surface area contributed by atoms with E-state index in [0.29, 0.717) is 12.6 Å². The van der Waals surface area contributed by atoms with Crippen molar-refractivity contribution in [1.82, 2.24) is 20.2 Å². The molecule has 0 spiro atoms. The number of imide groups is 1. The smallest absolute Gasteiger partial charge is 0.321 e. The van der Waals surface area contributed by atoms with Crippen LogP contribution in [0.25, 0.3) is 11.3 Å². The molecule has 7 heteroatoms. The lowest BCUT2D eigenvalue weighted by Gasteiger charge is -2.10. The number of amides is 3. The summed E-state index contributed by atoms with van der Waals surface area (Å²) in [6, 6.07) is 10.0. The first-order chi connectivity index (χ1) is 12.2. The normalized spacial score (nSPS) is 13.3. The molecule has 0 bridgehead atoms. The summed E-state index contributed by atoms with van der Waals surface area (Å²) < 4.78 is 2.20. The van der Waals surface area contributed by atoms with Crippen molar-refractivity contribution < 1.29 is 9.59 Å². The largest absolute Gasteiger partial charge is 0.334 e. The molecule has 0 unspecified atom stereocenters. The van der Waals surface area contributed by atoms with Crippen molar-refractivity contribution in [2.75, 3.05) is 12.3 Å². The molecular weight excluding hydrogens is 336 g/mol. The van der Waals surface area contributed by atoms with Crippen molar-refractivity contribution in [2.24, 2.45) is 0 Å². The summed E-state index contributed by atoms with van der Waals surface area (Å²) in [5, 5.41) is 5.61. The van der Waals surface area contributed by atoms with E-state index in [2.05, 4.69) is 38.9 Å². The van der Waals surface area contributed by atoms with Gasteiger partial charge in [0, 0.05) is 12.6 Å². The van der Waals surface area contributed by atoms with Crippen LogP contribution >= 0.6 is 11.8 Å². The van der Waals surface area contributed by atoms with Crippen LogP contribution in [0.3, 0.4) is 0 Å². The molecule has 25 heavy (non-hydrogen) atoms. The number of thioether (sulfide) groups is 1. The van der Waals surface area contributed by atoms with Gasteiger partial charge in [-0.25, -0.2) is 9.78 Å². The van der Waals surface area contributed by atoms with Gasteiger partial charge in [0.15, 0.2) is 5.16 Å². The molecule has 0 atom stereocenters. The Labute approximate surface area is 150 Å². The number of rotatable bonds is 7. The zero-order chi connectivity index (χ0) is 17.6. The highest BCUT2D eigenvalue weighted by molar-refractivity contribution is 7.99. The Hall–Kier alpha value is -2.54. The van der Waals surface area contributed by atoms with Crippen molar-refractivity contribution >= 4 is 23.7 Å². The predicted octanol–water partition coefficient (Wildman–Crippen LogP) is 2.99. The quantitative estimate of drug-likeness (QED) is 0.591. The van der Waals surface area contributed by atoms with Crippen LogP contribution in [0.4, 0.5) is 4.79 Å². The lowest BCUT2D eigenvalue weighted by Crippen LogP contribution is -2.40. The second-order valence-corrected chi connectivity index (χ2v) is 6.67. The number of nitrogens with zero attached hydrogens (tertiary/aromatic N) is 2. The van der Waals surface area contributed by atoms with Crippen LogP contribution in [-0.4, -0.2) is 33.8 Å². The van der Waals surface area contributed by atoms with Gasteiger partial charge in [0.05, 0.1) is 17.6 Å². The van der Waals surface area contributed by atoms with Gasteiger partial charge < -0.3 is 9.88 Å². The number of hydrogen-bond acceptors (Lipinski definition) is 4. The minimum absolute atomic E-state index is 0.138. The van der Waals surface area contributed by atoms with Crippen molar-refractivity contribution in [2.45, 2.75) is 24.0 Å². The Balaban J connectivity index is 1.65. The van der Waals surface area contributed by atoms with Gasteiger partial charge in [-0.1, -0.05) is 48.2 Å². The van der Waals surface area contributed by atoms with E-state index in [9.17, 15) is 9.59 Å². The number of carbonyl (C=O) groups is 2. The summed E-state index contributed by atoms with van der Waals surface area (Å²) in [6.07, 6.45) is 5.65. The van der Waals surface area contributed by atoms with Crippen LogP contribution in [0.1, 0.15) is 18.9 Å². The maximum atomic E-state index is 11.9. The summed E-state index contributed by atoms with van der Waals surface area (Å²) in [5.41, 5.74) is 2.18. The number of imidazole rings is 1. The van der Waals surface area contributed by atoms with Crippen LogP contribution in [0, 0.1) is 0 Å². The summed E-state index contributed by atoms with van der Waals surface area (Å²) >= 11 is 1.34. The second-order valence-electron chi connectivity index (χ2n) is 5.73. The van der Waals surface area contributed by atoms with Gasteiger partial charge in [-0.2, -0.15) is 0 Å². The Morgan fingerprint density at radius 3 is 2.76 bits per heavy atom. The van der Waals surface area contributed by atoms with Crippen LogP contribution < -0.4 is 10.6 Å². The first-order valence-electron chi connectivity index (χ1n) is 8.13. The first-order valence-corrected chi connectivity index (χ1v) is 9.11. The number of hydrogen-bond donors (Lipinski definition) is 2. The fourth-order valence-electron chi connectivity index (χ4n) is 2.46. The highest BCUT2D eigenvalue weighted by Crippen LogP contribution is 2.41. The lowest BCUT2D eigenvalue weighted by molar-refractivity contribution is -0.117. The molecule has 2 N–H and O–H groups in total. The molecule has 1 aliphatic rings. The average molecular weight is 356 g/mol. The van der Waals surface area contributed by atoms with Crippen molar-refractivity contribution in [3.8, 4) is 11.3 Å². The third-order valence-corrected chi connectivity index (χ3v) is 4.70. The van der Waals surface area contributed by atoms with Gasteiger partial charge >= 0.3 is 6.03 Å². The molecule has 1 aromatic carbocycles. The highest BCUT2D eigenvalue weighted by Gasteiger charge is 2.29. The van der Waals surface area contributed by atoms with E-state index >= 15 is 0 Å². The van der Waals surface area contributed by atoms with Crippen molar-refractivity contribution in [3.63, 3.8) is 0 Å². The second kappa shape index (κ2) is 8.02. The monoisotopic (exact) mass is 356 g/mol. The van der Waals surface area contributed by atoms with Crippen molar-refractivity contribution in [1.29, 1.82) is 0 Å². The van der Waals surface area contributed by atoms with Crippen LogP contribution in [0.2, 0.25) is 0 Å². The number of aromatic nitrogens is 2. The average Bonchev–Trinajstić information content (AvgIpc) is 3.38. The molecule has 1 saturated carbocycles. The SMILES string of the molecule is C=CCNC(=O)NC(=O)CSc1ncc(-c2ccccc2)n1C1CC1. The molecule has 1 aromatic heterocycles. The molecule has 2 aromatic rings. The van der Waals surface area contributed by atoms with E-state index in [1.807, 2.05) is 24.4 Å². The van der Waals surface area contributed by atoms with Crippen molar-refractivity contribution in [3.05, 3.63) is 49.2 Å². The molecule has 6 nitrogen and oxygen atoms in total. The molecule has 3 amide bonds. The summed E-state index contributed by atoms with van der Waals surface area (Å²) in [5.74, 6) is -0.211. The van der Waals surface area contributed by atoms with E-state index in [1.54, 1.807) is 6.08 Å². The topological polar surface area (TPSA) is 76.0 Å². The predicted molar refractivity (Wildman–Crippen MR) is 98.4 cm³/mol. The molecule has 0 saturated heterocycles. The molecule has 3 rings (SSSR count). The number of benzene rings is 1. The van der Waals surface area contributed by atoms with Crippen LogP contribution in [0.15, 0.2) is 54.3 Å². The third kappa shape index (κ3) is 4.51. The van der Waals surface area contributed by atoms with E-state index < -0.39 is 6.03 Å². The summed E-state index contributed by atoms with van der Waals surface area (Å²) in [7, 11) is 0. The molecule has 1 fully saturated rings. The zero-order valence-corrected chi connectivity index (χ0v) is 14.6. The number of nitrogens with one attached hydrogen (secondary N) is 2. The Kier molecular flexibility index (Phi) is 5.55. The van der Waals surface area contributed by atoms with Gasteiger partial charge in [-0.15, -0.1) is 6.58 Å². The standard InChI is InChI=1S/C18H20N4O2S/c1-2-10-19-17(24)21-16(23)12-25-18-20-11-15(22(18)14-8-9-14)13-6-4-3-5-7-13/h2-7,11,14H,1,8-10,12H2,(H2,19,21,23,24). The van der Waals surface area contributed by atoms with E-state index in [-0.39, 0.29) is 11.7 Å². The molecule has 1 heterocycles. The third-order valence-electron chi connectivity index (χ3n) is 3.74. The Morgan fingerprint density at radius 1 is 1.32 bits per heavy atom. The molecule has 130 valence electrons. The fourth-order valence-corrected chi connectivity index (χ4v) is 3.31. The fraction of sp³-hybridized carbons (Fsp3) is 0.278. The van der Waals surface area contributed by atoms with Crippen LogP contribution in [-0.2, 0) is 4.79 Å². The Bertz CT molecular complexity index is 769. The van der Waals surface area contributed by atoms with E-state index in [0.717, 1.165) is 29.3 Å². The molecule has 0 radical (unpaired) electrons. The number of urea groups is 1. The van der Waals surface area contributed by atoms with Gasteiger partial charge in [-0.3, -0.25) is 10.1 Å². The maximum Gasteiger partial charge on any atom is 0.321 e. The van der Waals surface area contributed by atoms with Gasteiger partial charge in [-0.05, 0) is 18.4 Å². The minimum Gasteiger partial charge on any atom is -0.334 e. The summed E-state index contributed by atoms with van der Waals surface area (Å²) in [6.45, 7) is 3.82. The minimum atomic E-state index is -0.513. The first kappa shape index (κ1) is 17.3. The van der Waals surface area contributed by atoms with E-state index in [1.165, 1.54) is 11.8 Å². The Morgan fingerprint density at radius 2 is 2.08 bits per heavy atom. The van der Waals surface area contributed by atoms with Gasteiger partial charge in [0.2, 0.25) is 5.91 Å². The van der Waals surface area contributed by atoms with Crippen LogP contribution in [0.5, 0.6) is 0 Å². The maximum absolute atomic E-state index is 11.9. The number of carbonyl (C=O) groups excluding carboxylic acids is 2. The molecule has 0 aliphatic heterocycles. The zero-order valence-electron chi connectivity index (χ0n) is 13.8. The highest BCUT2D eigenvalue weighted by atomic mass is 32.2. The van der Waals surface area contributed by atoms with E-state index in [4.69, 9.17) is 0 Å². The molecule has 1 aliphatic carbocycles. The lowest BCUT2D eigenvalue weighted by atomic mass is 10.2. The molecular formula is C18H20N4O2S. The van der Waals surface area contributed by atoms with Gasteiger partial charge in [0.25, 0.3) is 0 Å².